The van der Waals surface area contributed by atoms with Crippen LogP contribution in [0.1, 0.15) is 67.7 Å². The van der Waals surface area contributed by atoms with Crippen LogP contribution in [-0.2, 0) is 9.53 Å². The van der Waals surface area contributed by atoms with E-state index >= 15 is 0 Å². The Labute approximate surface area is 161 Å². The highest BCUT2D eigenvalue weighted by Crippen LogP contribution is 2.40. The molecule has 1 saturated heterocycles. The Kier molecular flexibility index (Phi) is 7.67. The summed E-state index contributed by atoms with van der Waals surface area (Å²) in [6.07, 6.45) is 7.10. The van der Waals surface area contributed by atoms with Crippen molar-refractivity contribution < 1.29 is 9.53 Å². The van der Waals surface area contributed by atoms with Crippen molar-refractivity contribution >= 4 is 5.97 Å². The summed E-state index contributed by atoms with van der Waals surface area (Å²) in [6, 6.07) is -0.320. The number of ether oxygens (including phenoxy) is 1. The van der Waals surface area contributed by atoms with Gasteiger partial charge in [-0.1, -0.05) is 12.2 Å². The monoisotopic (exact) mass is 364 g/mol. The molecule has 0 amide bonds. The molecule has 4 heteroatoms. The Morgan fingerprint density at radius 3 is 1.96 bits per heavy atom. The second-order valence-corrected chi connectivity index (χ2v) is 9.69. The van der Waals surface area contributed by atoms with E-state index in [0.29, 0.717) is 6.54 Å². The molecule has 0 radical (unpaired) electrons. The van der Waals surface area contributed by atoms with Gasteiger partial charge in [0.05, 0.1) is 0 Å². The van der Waals surface area contributed by atoms with Gasteiger partial charge in [-0.25, -0.2) is 0 Å². The molecule has 0 aromatic carbocycles. The number of rotatable bonds is 8. The number of hydrogen-bond acceptors (Lipinski definition) is 4. The van der Waals surface area contributed by atoms with Crippen LogP contribution in [0.15, 0.2) is 25.3 Å². The van der Waals surface area contributed by atoms with Crippen LogP contribution in [0.4, 0.5) is 0 Å². The molecule has 1 aliphatic heterocycles. The zero-order valence-electron chi connectivity index (χ0n) is 18.1. The molecule has 0 spiro atoms. The van der Waals surface area contributed by atoms with E-state index in [2.05, 4.69) is 50.7 Å². The first-order valence-corrected chi connectivity index (χ1v) is 9.80. The minimum atomic E-state index is -0.499. The van der Waals surface area contributed by atoms with Crippen LogP contribution in [-0.4, -0.2) is 58.1 Å². The van der Waals surface area contributed by atoms with E-state index in [0.717, 1.165) is 25.9 Å². The van der Waals surface area contributed by atoms with E-state index in [1.165, 1.54) is 6.42 Å². The van der Waals surface area contributed by atoms with Crippen molar-refractivity contribution in [3.05, 3.63) is 25.3 Å². The molecule has 1 aliphatic rings. The third-order valence-electron chi connectivity index (χ3n) is 5.08. The SMILES string of the molecule is C=CCN(CC=C)CC(C(=O)OC(C)(C)C)N1C(C)(C)CCCC1(C)C. The maximum atomic E-state index is 13.2. The minimum Gasteiger partial charge on any atom is -0.459 e. The number of hydrogen-bond donors (Lipinski definition) is 0. The molecule has 0 aliphatic carbocycles. The van der Waals surface area contributed by atoms with Crippen LogP contribution in [0.25, 0.3) is 0 Å². The minimum absolute atomic E-state index is 0.0582. The molecular formula is C22H40N2O2. The molecule has 1 rings (SSSR count). The Hall–Kier alpha value is -1.13. The van der Waals surface area contributed by atoms with E-state index in [1.807, 2.05) is 32.9 Å². The van der Waals surface area contributed by atoms with Crippen LogP contribution in [0, 0.1) is 0 Å². The molecule has 150 valence electrons. The molecular weight excluding hydrogens is 324 g/mol. The van der Waals surface area contributed by atoms with E-state index in [1.54, 1.807) is 0 Å². The maximum absolute atomic E-state index is 13.2. The molecule has 4 nitrogen and oxygen atoms in total. The molecule has 1 atom stereocenters. The first-order valence-electron chi connectivity index (χ1n) is 9.80. The van der Waals surface area contributed by atoms with Gasteiger partial charge in [-0.05, 0) is 67.7 Å². The Morgan fingerprint density at radius 2 is 1.58 bits per heavy atom. The molecule has 0 bridgehead atoms. The van der Waals surface area contributed by atoms with Crippen LogP contribution >= 0.6 is 0 Å². The zero-order valence-corrected chi connectivity index (χ0v) is 18.1. The molecule has 1 unspecified atom stereocenters. The third kappa shape index (κ3) is 6.24. The standard InChI is InChI=1S/C22H40N2O2/c1-10-15-23(16-11-2)17-18(19(25)26-20(3,4)5)24-21(6,7)13-12-14-22(24,8)9/h10-11,18H,1-2,12-17H2,3-9H3. The van der Waals surface area contributed by atoms with Gasteiger partial charge in [-0.2, -0.15) is 0 Å². The molecule has 1 fully saturated rings. The normalized spacial score (nSPS) is 21.2. The van der Waals surface area contributed by atoms with Gasteiger partial charge >= 0.3 is 5.97 Å². The summed E-state index contributed by atoms with van der Waals surface area (Å²) in [7, 11) is 0. The summed E-state index contributed by atoms with van der Waals surface area (Å²) in [5.41, 5.74) is -0.615. The first-order chi connectivity index (χ1) is 11.8. The van der Waals surface area contributed by atoms with Gasteiger partial charge in [0.15, 0.2) is 0 Å². The van der Waals surface area contributed by atoms with Gasteiger partial charge < -0.3 is 4.74 Å². The van der Waals surface area contributed by atoms with Gasteiger partial charge in [0, 0.05) is 30.7 Å². The summed E-state index contributed by atoms with van der Waals surface area (Å²) in [4.78, 5) is 17.8. The van der Waals surface area contributed by atoms with Crippen molar-refractivity contribution in [2.75, 3.05) is 19.6 Å². The van der Waals surface area contributed by atoms with Crippen LogP contribution in [0.5, 0.6) is 0 Å². The largest absolute Gasteiger partial charge is 0.459 e. The predicted molar refractivity (Wildman–Crippen MR) is 110 cm³/mol. The van der Waals surface area contributed by atoms with E-state index in [9.17, 15) is 4.79 Å². The van der Waals surface area contributed by atoms with Gasteiger partial charge in [-0.15, -0.1) is 13.2 Å². The van der Waals surface area contributed by atoms with Crippen molar-refractivity contribution in [3.8, 4) is 0 Å². The highest BCUT2D eigenvalue weighted by molar-refractivity contribution is 5.77. The zero-order chi connectivity index (χ0) is 20.2. The summed E-state index contributed by atoms with van der Waals surface area (Å²) in [5, 5.41) is 0. The first kappa shape index (κ1) is 22.9. The van der Waals surface area contributed by atoms with Crippen molar-refractivity contribution in [2.24, 2.45) is 0 Å². The fraction of sp³-hybridized carbons (Fsp3) is 0.773. The number of likely N-dealkylation sites (tertiary alicyclic amines) is 1. The Balaban J connectivity index is 3.25. The average Bonchev–Trinajstić information content (AvgIpc) is 2.43. The van der Waals surface area contributed by atoms with Crippen molar-refractivity contribution in [1.82, 2.24) is 9.80 Å². The van der Waals surface area contributed by atoms with Crippen LogP contribution in [0.3, 0.4) is 0 Å². The van der Waals surface area contributed by atoms with E-state index in [-0.39, 0.29) is 23.1 Å². The molecule has 0 N–H and O–H groups in total. The van der Waals surface area contributed by atoms with Crippen molar-refractivity contribution in [2.45, 2.75) is 90.4 Å². The van der Waals surface area contributed by atoms with Crippen LogP contribution < -0.4 is 0 Å². The lowest BCUT2D eigenvalue weighted by molar-refractivity contribution is -0.172. The lowest BCUT2D eigenvalue weighted by Gasteiger charge is -2.56. The highest BCUT2D eigenvalue weighted by atomic mass is 16.6. The second-order valence-electron chi connectivity index (χ2n) is 9.69. The van der Waals surface area contributed by atoms with Gasteiger partial charge in [0.2, 0.25) is 0 Å². The molecule has 1 heterocycles. The predicted octanol–water partition coefficient (Wildman–Crippen LogP) is 4.41. The van der Waals surface area contributed by atoms with E-state index < -0.39 is 5.60 Å². The third-order valence-corrected chi connectivity index (χ3v) is 5.08. The second kappa shape index (κ2) is 8.71. The van der Waals surface area contributed by atoms with Gasteiger partial charge in [0.1, 0.15) is 11.6 Å². The lowest BCUT2D eigenvalue weighted by Crippen LogP contribution is -2.67. The number of carbonyl (C=O) groups is 1. The molecule has 0 aromatic heterocycles. The summed E-state index contributed by atoms with van der Waals surface area (Å²) < 4.78 is 5.84. The van der Waals surface area contributed by atoms with E-state index in [4.69, 9.17) is 4.74 Å². The Morgan fingerprint density at radius 1 is 1.12 bits per heavy atom. The summed E-state index contributed by atoms with van der Waals surface area (Å²) in [5.74, 6) is -0.140. The van der Waals surface area contributed by atoms with Gasteiger partial charge in [-0.3, -0.25) is 14.6 Å². The smallest absolute Gasteiger partial charge is 0.325 e. The number of piperidine rings is 1. The number of esters is 1. The topological polar surface area (TPSA) is 32.8 Å². The maximum Gasteiger partial charge on any atom is 0.325 e. The highest BCUT2D eigenvalue weighted by Gasteiger charge is 2.48. The molecule has 0 saturated carbocycles. The van der Waals surface area contributed by atoms with Crippen molar-refractivity contribution in [1.29, 1.82) is 0 Å². The fourth-order valence-electron chi connectivity index (χ4n) is 4.32. The van der Waals surface area contributed by atoms with Crippen LogP contribution in [0.2, 0.25) is 0 Å². The summed E-state index contributed by atoms with van der Waals surface area (Å²) in [6.45, 7) is 24.5. The Bertz CT molecular complexity index is 477. The lowest BCUT2D eigenvalue weighted by atomic mass is 9.78. The number of nitrogens with zero attached hydrogens (tertiary/aromatic N) is 2. The average molecular weight is 365 g/mol. The van der Waals surface area contributed by atoms with Gasteiger partial charge in [0.25, 0.3) is 0 Å². The molecule has 0 aromatic rings. The summed E-state index contributed by atoms with van der Waals surface area (Å²) >= 11 is 0. The fourth-order valence-corrected chi connectivity index (χ4v) is 4.32. The molecule has 26 heavy (non-hydrogen) atoms. The number of carbonyl (C=O) groups excluding carboxylic acids is 1. The van der Waals surface area contributed by atoms with Crippen molar-refractivity contribution in [3.63, 3.8) is 0 Å². The quantitative estimate of drug-likeness (QED) is 0.472.